The van der Waals surface area contributed by atoms with Gasteiger partial charge in [0.05, 0.1) is 0 Å². The van der Waals surface area contributed by atoms with Crippen molar-refractivity contribution in [1.82, 2.24) is 5.32 Å². The largest absolute Gasteiger partial charge is 0.367 e. The molecule has 0 fully saturated rings. The van der Waals surface area contributed by atoms with Gasteiger partial charge in [0, 0.05) is 34.7 Å². The van der Waals surface area contributed by atoms with Crippen LogP contribution >= 0.6 is 0 Å². The van der Waals surface area contributed by atoms with Gasteiger partial charge in [-0.3, -0.25) is 9.59 Å². The molecule has 2 aliphatic carbocycles. The van der Waals surface area contributed by atoms with E-state index in [9.17, 15) is 9.59 Å². The number of carbonyl (C=O) groups is 2. The number of fused-ring (bicyclic) bond motifs is 2. The number of rotatable bonds is 2. The molecule has 3 nitrogen and oxygen atoms in total. The molecule has 0 aromatic heterocycles. The molecular weight excluding hydrogens is 310 g/mol. The standard InChI is InChI=1S/C22H19NO2/c24-21-17(11-9-15-5-1-3-7-19(15)21)13-23-14-18-12-10-16-6-2-4-8-20(16)22(18)25/h1-8,13-14,23H,9-12H2/b17-13-,18-14?. The Hall–Kier alpha value is -2.94. The molecular formula is C22H19NO2. The predicted molar refractivity (Wildman–Crippen MR) is 97.5 cm³/mol. The Kier molecular flexibility index (Phi) is 4.06. The topological polar surface area (TPSA) is 46.2 Å². The molecule has 0 amide bonds. The van der Waals surface area contributed by atoms with E-state index < -0.39 is 0 Å². The summed E-state index contributed by atoms with van der Waals surface area (Å²) in [6, 6.07) is 15.5. The Morgan fingerprint density at radius 1 is 0.640 bits per heavy atom. The highest BCUT2D eigenvalue weighted by atomic mass is 16.1. The number of ketones is 2. The second-order valence-electron chi connectivity index (χ2n) is 6.48. The second-order valence-corrected chi connectivity index (χ2v) is 6.48. The van der Waals surface area contributed by atoms with Gasteiger partial charge in [0.25, 0.3) is 0 Å². The molecule has 2 aromatic carbocycles. The highest BCUT2D eigenvalue weighted by Crippen LogP contribution is 2.26. The van der Waals surface area contributed by atoms with Crippen molar-refractivity contribution in [1.29, 1.82) is 0 Å². The molecule has 0 spiro atoms. The first kappa shape index (κ1) is 15.6. The van der Waals surface area contributed by atoms with Gasteiger partial charge in [-0.25, -0.2) is 0 Å². The molecule has 0 aliphatic heterocycles. The van der Waals surface area contributed by atoms with Gasteiger partial charge in [0.15, 0.2) is 11.6 Å². The van der Waals surface area contributed by atoms with Crippen LogP contribution in [0.4, 0.5) is 0 Å². The lowest BCUT2D eigenvalue weighted by Crippen LogP contribution is -2.18. The number of carbonyl (C=O) groups excluding carboxylic acids is 2. The summed E-state index contributed by atoms with van der Waals surface area (Å²) >= 11 is 0. The van der Waals surface area contributed by atoms with E-state index in [2.05, 4.69) is 5.32 Å². The van der Waals surface area contributed by atoms with Crippen molar-refractivity contribution >= 4 is 11.6 Å². The highest BCUT2D eigenvalue weighted by molar-refractivity contribution is 6.11. The van der Waals surface area contributed by atoms with E-state index >= 15 is 0 Å². The van der Waals surface area contributed by atoms with E-state index in [1.807, 2.05) is 48.5 Å². The maximum absolute atomic E-state index is 12.5. The van der Waals surface area contributed by atoms with Crippen LogP contribution in [0.5, 0.6) is 0 Å². The minimum atomic E-state index is 0.0769. The molecule has 0 saturated heterocycles. The second kappa shape index (κ2) is 6.52. The molecule has 2 aromatic rings. The summed E-state index contributed by atoms with van der Waals surface area (Å²) in [5.41, 5.74) is 5.33. The minimum Gasteiger partial charge on any atom is -0.367 e. The van der Waals surface area contributed by atoms with Crippen LogP contribution in [-0.2, 0) is 12.8 Å². The number of benzene rings is 2. The first-order chi connectivity index (χ1) is 12.2. The summed E-state index contributed by atoms with van der Waals surface area (Å²) in [6.07, 6.45) is 6.69. The van der Waals surface area contributed by atoms with Gasteiger partial charge in [-0.2, -0.15) is 0 Å². The van der Waals surface area contributed by atoms with Crippen molar-refractivity contribution < 1.29 is 9.59 Å². The van der Waals surface area contributed by atoms with Crippen LogP contribution in [0.2, 0.25) is 0 Å². The molecule has 3 heteroatoms. The molecule has 25 heavy (non-hydrogen) atoms. The summed E-state index contributed by atoms with van der Waals surface area (Å²) < 4.78 is 0. The lowest BCUT2D eigenvalue weighted by molar-refractivity contribution is 0.101. The normalized spacial score (nSPS) is 19.7. The van der Waals surface area contributed by atoms with Gasteiger partial charge in [-0.15, -0.1) is 0 Å². The summed E-state index contributed by atoms with van der Waals surface area (Å²) in [5, 5.41) is 3.08. The van der Waals surface area contributed by atoms with Crippen LogP contribution in [0.3, 0.4) is 0 Å². The number of Topliss-reactive ketones (excluding diaryl/α,β-unsaturated/α-hetero) is 2. The number of allylic oxidation sites excluding steroid dienone is 2. The van der Waals surface area contributed by atoms with Crippen molar-refractivity contribution in [2.24, 2.45) is 0 Å². The molecule has 0 bridgehead atoms. The summed E-state index contributed by atoms with van der Waals surface area (Å²) in [7, 11) is 0. The molecule has 0 unspecified atom stereocenters. The summed E-state index contributed by atoms with van der Waals surface area (Å²) in [4.78, 5) is 25.1. The molecule has 0 saturated carbocycles. The van der Waals surface area contributed by atoms with Crippen molar-refractivity contribution in [3.8, 4) is 0 Å². The highest BCUT2D eigenvalue weighted by Gasteiger charge is 2.22. The Morgan fingerprint density at radius 2 is 1.08 bits per heavy atom. The smallest absolute Gasteiger partial charge is 0.190 e. The zero-order valence-electron chi connectivity index (χ0n) is 13.9. The van der Waals surface area contributed by atoms with Crippen LogP contribution in [-0.4, -0.2) is 11.6 Å². The third kappa shape index (κ3) is 2.93. The average molecular weight is 329 g/mol. The third-order valence-corrected chi connectivity index (χ3v) is 4.95. The van der Waals surface area contributed by atoms with E-state index in [0.29, 0.717) is 0 Å². The van der Waals surface area contributed by atoms with E-state index in [4.69, 9.17) is 0 Å². The van der Waals surface area contributed by atoms with Crippen LogP contribution in [0.1, 0.15) is 44.7 Å². The van der Waals surface area contributed by atoms with E-state index in [0.717, 1.165) is 59.1 Å². The lowest BCUT2D eigenvalue weighted by Gasteiger charge is -2.18. The fourth-order valence-corrected chi connectivity index (χ4v) is 3.55. The van der Waals surface area contributed by atoms with Gasteiger partial charge < -0.3 is 5.32 Å². The number of aryl methyl sites for hydroxylation is 2. The molecule has 1 N–H and O–H groups in total. The fourth-order valence-electron chi connectivity index (χ4n) is 3.55. The van der Waals surface area contributed by atoms with Crippen LogP contribution < -0.4 is 5.32 Å². The zero-order chi connectivity index (χ0) is 17.2. The van der Waals surface area contributed by atoms with Crippen LogP contribution in [0.15, 0.2) is 72.1 Å². The Balaban J connectivity index is 1.51. The monoisotopic (exact) mass is 329 g/mol. The molecule has 2 aliphatic rings. The molecule has 124 valence electrons. The molecule has 0 atom stereocenters. The first-order valence-corrected chi connectivity index (χ1v) is 8.63. The third-order valence-electron chi connectivity index (χ3n) is 4.95. The predicted octanol–water partition coefficient (Wildman–Crippen LogP) is 4.00. The SMILES string of the molecule is O=C1C(=CN/C=C2/CCc3ccccc3C2=O)CCc2ccccc21. The van der Waals surface area contributed by atoms with Crippen LogP contribution in [0.25, 0.3) is 0 Å². The van der Waals surface area contributed by atoms with Gasteiger partial charge in [-0.05, 0) is 36.8 Å². The zero-order valence-corrected chi connectivity index (χ0v) is 13.9. The first-order valence-electron chi connectivity index (χ1n) is 8.63. The van der Waals surface area contributed by atoms with E-state index in [1.54, 1.807) is 12.4 Å². The van der Waals surface area contributed by atoms with Gasteiger partial charge in [-0.1, -0.05) is 48.5 Å². The lowest BCUT2D eigenvalue weighted by atomic mass is 9.87. The minimum absolute atomic E-state index is 0.0769. The Morgan fingerprint density at radius 3 is 1.56 bits per heavy atom. The number of hydrogen-bond donors (Lipinski definition) is 1. The van der Waals surface area contributed by atoms with E-state index in [1.165, 1.54) is 0 Å². The number of nitrogens with one attached hydrogen (secondary N) is 1. The van der Waals surface area contributed by atoms with Crippen molar-refractivity contribution in [3.05, 3.63) is 94.3 Å². The van der Waals surface area contributed by atoms with Gasteiger partial charge >= 0.3 is 0 Å². The van der Waals surface area contributed by atoms with Gasteiger partial charge in [0.1, 0.15) is 0 Å². The van der Waals surface area contributed by atoms with Crippen molar-refractivity contribution in [3.63, 3.8) is 0 Å². The molecule has 4 rings (SSSR count). The summed E-state index contributed by atoms with van der Waals surface area (Å²) in [6.45, 7) is 0. The van der Waals surface area contributed by atoms with Crippen LogP contribution in [0, 0.1) is 0 Å². The summed E-state index contributed by atoms with van der Waals surface area (Å²) in [5.74, 6) is 0.154. The molecule has 0 heterocycles. The maximum atomic E-state index is 12.5. The fraction of sp³-hybridized carbons (Fsp3) is 0.182. The Labute approximate surface area is 147 Å². The Bertz CT molecular complexity index is 846. The van der Waals surface area contributed by atoms with Crippen molar-refractivity contribution in [2.45, 2.75) is 25.7 Å². The maximum Gasteiger partial charge on any atom is 0.190 e. The number of hydrogen-bond acceptors (Lipinski definition) is 3. The average Bonchev–Trinajstić information content (AvgIpc) is 2.66. The quantitative estimate of drug-likeness (QED) is 0.847. The molecule has 0 radical (unpaired) electrons. The van der Waals surface area contributed by atoms with E-state index in [-0.39, 0.29) is 11.6 Å². The van der Waals surface area contributed by atoms with Gasteiger partial charge in [0.2, 0.25) is 0 Å². The van der Waals surface area contributed by atoms with Crippen molar-refractivity contribution in [2.75, 3.05) is 0 Å².